The molecule has 2 aliphatic heterocycles. The van der Waals surface area contributed by atoms with Crippen LogP contribution in [0.3, 0.4) is 0 Å². The Labute approximate surface area is 204 Å². The molecule has 0 N–H and O–H groups in total. The predicted molar refractivity (Wildman–Crippen MR) is 141 cm³/mol. The molecular weight excluding hydrogens is 422 g/mol. The molecule has 0 atom stereocenters. The summed E-state index contributed by atoms with van der Waals surface area (Å²) in [6.07, 6.45) is 4.08. The van der Waals surface area contributed by atoms with Crippen molar-refractivity contribution in [3.8, 4) is 11.1 Å². The first kappa shape index (κ1) is 23.2. The predicted octanol–water partition coefficient (Wildman–Crippen LogP) is 3.24. The highest BCUT2D eigenvalue weighted by Gasteiger charge is 2.30. The van der Waals surface area contributed by atoms with E-state index in [1.807, 2.05) is 0 Å². The van der Waals surface area contributed by atoms with Crippen LogP contribution in [0.4, 0.5) is 11.4 Å². The Kier molecular flexibility index (Phi) is 7.07. The molecule has 0 bridgehead atoms. The summed E-state index contributed by atoms with van der Waals surface area (Å²) in [7, 11) is 4.15. The summed E-state index contributed by atoms with van der Waals surface area (Å²) in [6.45, 7) is 8.31. The molecule has 0 unspecified atom stereocenters. The average molecular weight is 462 g/mol. The van der Waals surface area contributed by atoms with Gasteiger partial charge in [0.25, 0.3) is 0 Å². The summed E-state index contributed by atoms with van der Waals surface area (Å²) in [5, 5.41) is 0. The first-order valence-electron chi connectivity index (χ1n) is 12.9. The molecule has 34 heavy (non-hydrogen) atoms. The third-order valence-corrected chi connectivity index (χ3v) is 7.92. The van der Waals surface area contributed by atoms with E-state index in [4.69, 9.17) is 0 Å². The quantitative estimate of drug-likeness (QED) is 0.660. The van der Waals surface area contributed by atoms with Crippen LogP contribution in [0.25, 0.3) is 11.1 Å². The minimum atomic E-state index is 0.311. The molecule has 1 amide bonds. The molecule has 0 aromatic heterocycles. The Morgan fingerprint density at radius 3 is 2.18 bits per heavy atom. The van der Waals surface area contributed by atoms with Crippen molar-refractivity contribution in [2.45, 2.75) is 25.3 Å². The number of benzene rings is 2. The van der Waals surface area contributed by atoms with Crippen LogP contribution in [0.15, 0.2) is 48.5 Å². The van der Waals surface area contributed by atoms with Crippen molar-refractivity contribution < 1.29 is 4.79 Å². The minimum Gasteiger partial charge on any atom is -0.378 e. The van der Waals surface area contributed by atoms with Crippen LogP contribution in [-0.2, 0) is 4.79 Å². The molecule has 2 aromatic rings. The second kappa shape index (κ2) is 10.4. The maximum absolute atomic E-state index is 12.9. The maximum Gasteiger partial charge on any atom is 0.236 e. The van der Waals surface area contributed by atoms with Crippen LogP contribution < -0.4 is 9.80 Å². The molecule has 3 aliphatic rings. The summed E-state index contributed by atoms with van der Waals surface area (Å²) in [4.78, 5) is 24.5. The van der Waals surface area contributed by atoms with Gasteiger partial charge in [-0.1, -0.05) is 30.7 Å². The maximum atomic E-state index is 12.9. The number of piperazine rings is 2. The zero-order chi connectivity index (χ0) is 23.5. The molecule has 2 aromatic carbocycles. The molecular formula is C28H39N5O. The summed E-state index contributed by atoms with van der Waals surface area (Å²) in [5.74, 6) is 0.311. The Morgan fingerprint density at radius 1 is 0.853 bits per heavy atom. The van der Waals surface area contributed by atoms with Gasteiger partial charge in [-0.2, -0.15) is 0 Å². The summed E-state index contributed by atoms with van der Waals surface area (Å²) in [6, 6.07) is 18.4. The molecule has 0 radical (unpaired) electrons. The highest BCUT2D eigenvalue weighted by atomic mass is 16.2. The first-order valence-corrected chi connectivity index (χ1v) is 12.9. The molecule has 6 heteroatoms. The van der Waals surface area contributed by atoms with E-state index in [0.717, 1.165) is 58.4 Å². The highest BCUT2D eigenvalue weighted by molar-refractivity contribution is 5.78. The normalized spacial score (nSPS) is 20.3. The molecule has 2 heterocycles. The van der Waals surface area contributed by atoms with E-state index < -0.39 is 0 Å². The van der Waals surface area contributed by atoms with Gasteiger partial charge in [0.15, 0.2) is 0 Å². The lowest BCUT2D eigenvalue weighted by Gasteiger charge is -2.43. The van der Waals surface area contributed by atoms with Crippen molar-refractivity contribution >= 4 is 17.3 Å². The smallest absolute Gasteiger partial charge is 0.236 e. The van der Waals surface area contributed by atoms with Crippen molar-refractivity contribution in [2.24, 2.45) is 0 Å². The Bertz CT molecular complexity index is 955. The standard InChI is InChI=1S/C28H39N5O/c1-29(2)27-8-3-5-24(21-27)23-9-11-26(12-10-23)31-15-13-30(14-16-31)22-28(34)33-19-17-32(18-20-33)25-6-4-7-25/h3,5,8-12,21,25H,4,6-7,13-20,22H2,1-2H3. The van der Waals surface area contributed by atoms with Crippen molar-refractivity contribution in [1.29, 1.82) is 0 Å². The molecule has 0 spiro atoms. The van der Waals surface area contributed by atoms with Crippen molar-refractivity contribution in [1.82, 2.24) is 14.7 Å². The van der Waals surface area contributed by atoms with E-state index in [0.29, 0.717) is 12.5 Å². The van der Waals surface area contributed by atoms with Crippen LogP contribution in [0.1, 0.15) is 19.3 Å². The molecule has 1 saturated carbocycles. The Balaban J connectivity index is 1.09. The van der Waals surface area contributed by atoms with Crippen LogP contribution in [-0.4, -0.2) is 99.6 Å². The number of hydrogen-bond donors (Lipinski definition) is 0. The third kappa shape index (κ3) is 5.23. The number of carbonyl (C=O) groups is 1. The van der Waals surface area contributed by atoms with E-state index in [9.17, 15) is 4.79 Å². The molecule has 5 rings (SSSR count). The van der Waals surface area contributed by atoms with Gasteiger partial charge < -0.3 is 14.7 Å². The van der Waals surface area contributed by atoms with Gasteiger partial charge in [0.05, 0.1) is 6.54 Å². The SMILES string of the molecule is CN(C)c1cccc(-c2ccc(N3CCN(CC(=O)N4CCN(C5CCC5)CC4)CC3)cc2)c1. The second-order valence-corrected chi connectivity index (χ2v) is 10.3. The van der Waals surface area contributed by atoms with Gasteiger partial charge in [-0.25, -0.2) is 0 Å². The van der Waals surface area contributed by atoms with Crippen molar-refractivity contribution in [3.05, 3.63) is 48.5 Å². The highest BCUT2D eigenvalue weighted by Crippen LogP contribution is 2.27. The lowest BCUT2D eigenvalue weighted by Crippen LogP contribution is -2.56. The minimum absolute atomic E-state index is 0.311. The van der Waals surface area contributed by atoms with E-state index in [1.54, 1.807) is 0 Å². The van der Waals surface area contributed by atoms with Crippen LogP contribution in [0.5, 0.6) is 0 Å². The fourth-order valence-electron chi connectivity index (χ4n) is 5.37. The number of anilines is 2. The fourth-order valence-corrected chi connectivity index (χ4v) is 5.37. The summed E-state index contributed by atoms with van der Waals surface area (Å²) < 4.78 is 0. The third-order valence-electron chi connectivity index (χ3n) is 7.92. The summed E-state index contributed by atoms with van der Waals surface area (Å²) >= 11 is 0. The fraction of sp³-hybridized carbons (Fsp3) is 0.536. The zero-order valence-corrected chi connectivity index (χ0v) is 20.8. The topological polar surface area (TPSA) is 33.3 Å². The van der Waals surface area contributed by atoms with E-state index >= 15 is 0 Å². The molecule has 6 nitrogen and oxygen atoms in total. The number of carbonyl (C=O) groups excluding carboxylic acids is 1. The number of amides is 1. The largest absolute Gasteiger partial charge is 0.378 e. The number of rotatable bonds is 6. The van der Waals surface area contributed by atoms with E-state index in [2.05, 4.69) is 87.1 Å². The van der Waals surface area contributed by atoms with Crippen LogP contribution in [0.2, 0.25) is 0 Å². The Hall–Kier alpha value is -2.57. The lowest BCUT2D eigenvalue weighted by molar-refractivity contribution is -0.134. The van der Waals surface area contributed by atoms with Crippen molar-refractivity contribution in [2.75, 3.05) is 82.8 Å². The molecule has 1 aliphatic carbocycles. The van der Waals surface area contributed by atoms with E-state index in [-0.39, 0.29) is 0 Å². The molecule has 2 saturated heterocycles. The second-order valence-electron chi connectivity index (χ2n) is 10.3. The van der Waals surface area contributed by atoms with Gasteiger partial charge in [0.1, 0.15) is 0 Å². The average Bonchev–Trinajstić information content (AvgIpc) is 2.84. The molecule has 182 valence electrons. The number of hydrogen-bond acceptors (Lipinski definition) is 5. The van der Waals surface area contributed by atoms with Crippen LogP contribution in [0, 0.1) is 0 Å². The Morgan fingerprint density at radius 2 is 1.56 bits per heavy atom. The van der Waals surface area contributed by atoms with Gasteiger partial charge in [0.2, 0.25) is 5.91 Å². The lowest BCUT2D eigenvalue weighted by atomic mass is 9.91. The zero-order valence-electron chi connectivity index (χ0n) is 20.8. The van der Waals surface area contributed by atoms with Gasteiger partial charge >= 0.3 is 0 Å². The monoisotopic (exact) mass is 461 g/mol. The first-order chi connectivity index (χ1) is 16.6. The van der Waals surface area contributed by atoms with Gasteiger partial charge in [0, 0.05) is 83.9 Å². The number of nitrogens with zero attached hydrogens (tertiary/aromatic N) is 5. The van der Waals surface area contributed by atoms with E-state index in [1.165, 1.54) is 41.8 Å². The van der Waals surface area contributed by atoms with Gasteiger partial charge in [-0.15, -0.1) is 0 Å². The molecule has 3 fully saturated rings. The van der Waals surface area contributed by atoms with Crippen LogP contribution >= 0.6 is 0 Å². The van der Waals surface area contributed by atoms with Gasteiger partial charge in [-0.05, 0) is 48.2 Å². The van der Waals surface area contributed by atoms with Crippen molar-refractivity contribution in [3.63, 3.8) is 0 Å². The summed E-state index contributed by atoms with van der Waals surface area (Å²) in [5.41, 5.74) is 4.97. The van der Waals surface area contributed by atoms with Gasteiger partial charge in [-0.3, -0.25) is 14.6 Å².